The summed E-state index contributed by atoms with van der Waals surface area (Å²) in [6, 6.07) is 6.10. The number of hydrogen-bond acceptors (Lipinski definition) is 4. The lowest BCUT2D eigenvalue weighted by molar-refractivity contribution is -0.140. The molecule has 0 unspecified atom stereocenters. The largest absolute Gasteiger partial charge is 0.462 e. The molecule has 0 bridgehead atoms. The fraction of sp³-hybridized carbons (Fsp3) is 0.333. The maximum atomic E-state index is 13.6. The van der Waals surface area contributed by atoms with Gasteiger partial charge in [-0.2, -0.15) is 5.26 Å². The molecule has 1 heterocycles. The summed E-state index contributed by atoms with van der Waals surface area (Å²) < 4.78 is 18.6. The molecule has 88 valence electrons. The van der Waals surface area contributed by atoms with E-state index in [9.17, 15) is 9.18 Å². The van der Waals surface area contributed by atoms with Crippen molar-refractivity contribution in [1.29, 1.82) is 5.26 Å². The molecule has 0 N–H and O–H groups in total. The van der Waals surface area contributed by atoms with Gasteiger partial charge in [-0.15, -0.1) is 11.8 Å². The van der Waals surface area contributed by atoms with Gasteiger partial charge in [0.05, 0.1) is 11.6 Å². The van der Waals surface area contributed by atoms with Gasteiger partial charge in [0.2, 0.25) is 0 Å². The molecule has 0 radical (unpaired) electrons. The molecule has 5 heteroatoms. The summed E-state index contributed by atoms with van der Waals surface area (Å²) in [5.74, 6) is -0.771. The Morgan fingerprint density at radius 3 is 2.88 bits per heavy atom. The van der Waals surface area contributed by atoms with Crippen LogP contribution in [-0.4, -0.2) is 17.3 Å². The third-order valence-electron chi connectivity index (χ3n) is 2.46. The van der Waals surface area contributed by atoms with E-state index in [0.717, 1.165) is 11.8 Å². The van der Waals surface area contributed by atoms with Crippen molar-refractivity contribution in [3.63, 3.8) is 0 Å². The minimum atomic E-state index is -0.471. The lowest BCUT2D eigenvalue weighted by atomic mass is 10.2. The van der Waals surface area contributed by atoms with Gasteiger partial charge >= 0.3 is 5.97 Å². The molecule has 0 saturated carbocycles. The predicted octanol–water partition coefficient (Wildman–Crippen LogP) is 2.49. The van der Waals surface area contributed by atoms with Crippen molar-refractivity contribution in [2.75, 3.05) is 0 Å². The van der Waals surface area contributed by atoms with Crippen molar-refractivity contribution >= 4 is 17.7 Å². The number of halogens is 1. The van der Waals surface area contributed by atoms with Gasteiger partial charge in [-0.05, 0) is 25.1 Å². The Morgan fingerprint density at radius 2 is 2.35 bits per heavy atom. The smallest absolute Gasteiger partial charge is 0.319 e. The number of rotatable bonds is 2. The second-order valence-electron chi connectivity index (χ2n) is 3.85. The van der Waals surface area contributed by atoms with Gasteiger partial charge in [0.25, 0.3) is 0 Å². The van der Waals surface area contributed by atoms with Crippen LogP contribution in [0.15, 0.2) is 23.1 Å². The molecule has 1 aromatic carbocycles. The Hall–Kier alpha value is -1.54. The van der Waals surface area contributed by atoms with Gasteiger partial charge in [-0.1, -0.05) is 0 Å². The molecule has 1 saturated heterocycles. The molecule has 2 rings (SSSR count). The Kier molecular flexibility index (Phi) is 3.34. The Bertz CT molecular complexity index is 498. The monoisotopic (exact) mass is 251 g/mol. The molecular formula is C12H10FNO2S. The number of nitriles is 1. The number of hydrogen-bond donors (Lipinski definition) is 0. The second kappa shape index (κ2) is 4.76. The van der Waals surface area contributed by atoms with Crippen LogP contribution in [0.3, 0.4) is 0 Å². The Labute approximate surface area is 103 Å². The van der Waals surface area contributed by atoms with Crippen LogP contribution in [0.5, 0.6) is 0 Å². The molecule has 2 atom stereocenters. The van der Waals surface area contributed by atoms with Gasteiger partial charge in [0.1, 0.15) is 17.2 Å². The zero-order valence-electron chi connectivity index (χ0n) is 9.14. The summed E-state index contributed by atoms with van der Waals surface area (Å²) >= 11 is 1.15. The molecule has 17 heavy (non-hydrogen) atoms. The van der Waals surface area contributed by atoms with Crippen molar-refractivity contribution in [2.45, 2.75) is 29.6 Å². The van der Waals surface area contributed by atoms with Crippen molar-refractivity contribution in [3.05, 3.63) is 29.6 Å². The van der Waals surface area contributed by atoms with Gasteiger partial charge in [-0.3, -0.25) is 4.79 Å². The molecule has 1 aliphatic rings. The van der Waals surface area contributed by atoms with Crippen molar-refractivity contribution in [1.82, 2.24) is 0 Å². The van der Waals surface area contributed by atoms with Crippen LogP contribution in [-0.2, 0) is 9.53 Å². The van der Waals surface area contributed by atoms with Gasteiger partial charge in [0.15, 0.2) is 0 Å². The van der Waals surface area contributed by atoms with Crippen LogP contribution in [0.1, 0.15) is 18.9 Å². The van der Waals surface area contributed by atoms with Crippen LogP contribution in [0.4, 0.5) is 4.39 Å². The number of nitrogens with zero attached hydrogens (tertiary/aromatic N) is 1. The molecule has 1 aromatic rings. The molecule has 1 fully saturated rings. The molecular weight excluding hydrogens is 241 g/mol. The minimum Gasteiger partial charge on any atom is -0.462 e. The summed E-state index contributed by atoms with van der Waals surface area (Å²) in [5, 5.41) is 8.26. The van der Waals surface area contributed by atoms with Gasteiger partial charge in [0, 0.05) is 11.3 Å². The minimum absolute atomic E-state index is 0.110. The average Bonchev–Trinajstić information content (AvgIpc) is 2.60. The first kappa shape index (κ1) is 11.9. The predicted molar refractivity (Wildman–Crippen MR) is 60.9 cm³/mol. The summed E-state index contributed by atoms with van der Waals surface area (Å²) in [4.78, 5) is 11.8. The maximum Gasteiger partial charge on any atom is 0.319 e. The number of carbonyl (C=O) groups excluding carboxylic acids is 1. The first-order valence-electron chi connectivity index (χ1n) is 5.17. The fourth-order valence-corrected chi connectivity index (χ4v) is 2.78. The lowest BCUT2D eigenvalue weighted by Crippen LogP contribution is -2.09. The van der Waals surface area contributed by atoms with E-state index >= 15 is 0 Å². The van der Waals surface area contributed by atoms with E-state index < -0.39 is 5.82 Å². The maximum absolute atomic E-state index is 13.6. The molecule has 0 aliphatic carbocycles. The number of esters is 1. The van der Waals surface area contributed by atoms with E-state index in [1.54, 1.807) is 0 Å². The number of carbonyl (C=O) groups is 1. The Balaban J connectivity index is 2.14. The topological polar surface area (TPSA) is 50.1 Å². The number of ether oxygens (including phenoxy) is 1. The van der Waals surface area contributed by atoms with Crippen LogP contribution < -0.4 is 0 Å². The summed E-state index contributed by atoms with van der Waals surface area (Å²) in [7, 11) is 0. The SMILES string of the molecule is C[C@@H]1C[C@@H](Sc2ccc(C#N)cc2F)C(=O)O1. The van der Waals surface area contributed by atoms with Crippen molar-refractivity contribution in [3.8, 4) is 6.07 Å². The zero-order valence-corrected chi connectivity index (χ0v) is 9.96. The normalized spacial score (nSPS) is 23.2. The molecule has 1 aliphatic heterocycles. The molecule has 0 amide bonds. The number of cyclic esters (lactones) is 1. The highest BCUT2D eigenvalue weighted by molar-refractivity contribution is 8.00. The number of thioether (sulfide) groups is 1. The summed E-state index contributed by atoms with van der Waals surface area (Å²) in [6.45, 7) is 1.81. The first-order valence-corrected chi connectivity index (χ1v) is 6.05. The van der Waals surface area contributed by atoms with E-state index in [0.29, 0.717) is 11.3 Å². The lowest BCUT2D eigenvalue weighted by Gasteiger charge is -2.06. The van der Waals surface area contributed by atoms with Crippen LogP contribution >= 0.6 is 11.8 Å². The number of benzene rings is 1. The highest BCUT2D eigenvalue weighted by Crippen LogP contribution is 2.33. The second-order valence-corrected chi connectivity index (χ2v) is 5.09. The first-order chi connectivity index (χ1) is 8.10. The molecule has 0 aromatic heterocycles. The van der Waals surface area contributed by atoms with Crippen LogP contribution in [0.25, 0.3) is 0 Å². The van der Waals surface area contributed by atoms with E-state index in [4.69, 9.17) is 10.00 Å². The van der Waals surface area contributed by atoms with Crippen LogP contribution in [0.2, 0.25) is 0 Å². The fourth-order valence-electron chi connectivity index (χ4n) is 1.64. The average molecular weight is 251 g/mol. The van der Waals surface area contributed by atoms with Gasteiger partial charge < -0.3 is 4.74 Å². The van der Waals surface area contributed by atoms with Gasteiger partial charge in [-0.25, -0.2) is 4.39 Å². The standard InChI is InChI=1S/C12H10FNO2S/c1-7-4-11(12(15)16-7)17-10-3-2-8(6-14)5-9(10)13/h2-3,5,7,11H,4H2,1H3/t7-,11-/m1/s1. The van der Waals surface area contributed by atoms with Crippen LogP contribution in [0, 0.1) is 17.1 Å². The van der Waals surface area contributed by atoms with Crippen molar-refractivity contribution in [2.24, 2.45) is 0 Å². The van der Waals surface area contributed by atoms with E-state index in [1.807, 2.05) is 13.0 Å². The Morgan fingerprint density at radius 1 is 1.59 bits per heavy atom. The van der Waals surface area contributed by atoms with E-state index in [1.165, 1.54) is 18.2 Å². The summed E-state index contributed by atoms with van der Waals surface area (Å²) in [6.07, 6.45) is 0.476. The quantitative estimate of drug-likeness (QED) is 0.758. The zero-order chi connectivity index (χ0) is 12.4. The molecule has 0 spiro atoms. The summed E-state index contributed by atoms with van der Waals surface area (Å²) in [5.41, 5.74) is 0.272. The highest BCUT2D eigenvalue weighted by atomic mass is 32.2. The highest BCUT2D eigenvalue weighted by Gasteiger charge is 2.33. The third-order valence-corrected chi connectivity index (χ3v) is 3.71. The van der Waals surface area contributed by atoms with E-state index in [2.05, 4.69) is 0 Å². The van der Waals surface area contributed by atoms with E-state index in [-0.39, 0.29) is 22.9 Å². The third kappa shape index (κ3) is 2.59. The molecule has 3 nitrogen and oxygen atoms in total. The van der Waals surface area contributed by atoms with Crippen molar-refractivity contribution < 1.29 is 13.9 Å².